The van der Waals surface area contributed by atoms with Crippen molar-refractivity contribution in [2.24, 2.45) is 0 Å². The first-order valence-electron chi connectivity index (χ1n) is 6.26. The van der Waals surface area contributed by atoms with Crippen molar-refractivity contribution in [1.82, 2.24) is 0 Å². The van der Waals surface area contributed by atoms with Gasteiger partial charge in [-0.05, 0) is 42.3 Å². The highest BCUT2D eigenvalue weighted by molar-refractivity contribution is 5.88. The van der Waals surface area contributed by atoms with Gasteiger partial charge < -0.3 is 4.74 Å². The molecule has 2 aromatic rings. The van der Waals surface area contributed by atoms with Gasteiger partial charge in [-0.1, -0.05) is 18.2 Å². The number of hydrogen-bond donors (Lipinski definition) is 0. The molecule has 5 nitrogen and oxygen atoms in total. The van der Waals surface area contributed by atoms with Crippen molar-refractivity contribution < 1.29 is 14.5 Å². The maximum absolute atomic E-state index is 11.7. The number of esters is 1. The normalized spacial score (nSPS) is 10.5. The number of carbonyl (C=O) groups excluding carboxylic acids is 1. The molecule has 106 valence electrons. The van der Waals surface area contributed by atoms with Gasteiger partial charge in [-0.25, -0.2) is 4.79 Å². The van der Waals surface area contributed by atoms with Crippen molar-refractivity contribution in [3.63, 3.8) is 0 Å². The smallest absolute Gasteiger partial charge is 0.336 e. The fourth-order valence-corrected chi connectivity index (χ4v) is 1.68. The Balaban J connectivity index is 2.02. The van der Waals surface area contributed by atoms with Crippen LogP contribution in [0.1, 0.15) is 11.1 Å². The van der Waals surface area contributed by atoms with Crippen molar-refractivity contribution in [3.8, 4) is 5.75 Å². The molecule has 0 N–H and O–H groups in total. The number of rotatable bonds is 4. The van der Waals surface area contributed by atoms with Gasteiger partial charge in [-0.2, -0.15) is 0 Å². The molecule has 0 aliphatic rings. The fraction of sp³-hybridized carbons (Fsp3) is 0.0625. The standard InChI is InChI=1S/C16H13NO4/c1-12-4-2-3-5-15(12)21-16(18)11-8-13-6-9-14(10-7-13)17(19)20/h2-11H,1H3. The van der Waals surface area contributed by atoms with Crippen molar-refractivity contribution >= 4 is 17.7 Å². The molecular weight excluding hydrogens is 270 g/mol. The third-order valence-corrected chi connectivity index (χ3v) is 2.82. The van der Waals surface area contributed by atoms with Gasteiger partial charge >= 0.3 is 5.97 Å². The highest BCUT2D eigenvalue weighted by atomic mass is 16.6. The van der Waals surface area contributed by atoms with Crippen molar-refractivity contribution in [2.45, 2.75) is 6.92 Å². The maximum atomic E-state index is 11.7. The summed E-state index contributed by atoms with van der Waals surface area (Å²) in [5.74, 6) is 0.0125. The van der Waals surface area contributed by atoms with Gasteiger partial charge in [0.15, 0.2) is 0 Å². The van der Waals surface area contributed by atoms with E-state index in [9.17, 15) is 14.9 Å². The maximum Gasteiger partial charge on any atom is 0.336 e. The molecular formula is C16H13NO4. The first-order valence-corrected chi connectivity index (χ1v) is 6.26. The number of ether oxygens (including phenoxy) is 1. The third kappa shape index (κ3) is 4.01. The molecule has 0 saturated carbocycles. The van der Waals surface area contributed by atoms with Crippen LogP contribution in [0, 0.1) is 17.0 Å². The Morgan fingerprint density at radius 2 is 1.81 bits per heavy atom. The number of non-ortho nitro benzene ring substituents is 1. The number of nitrogens with zero attached hydrogens (tertiary/aromatic N) is 1. The number of hydrogen-bond acceptors (Lipinski definition) is 4. The molecule has 0 heterocycles. The van der Waals surface area contributed by atoms with E-state index in [0.29, 0.717) is 11.3 Å². The highest BCUT2D eigenvalue weighted by Gasteiger charge is 2.04. The zero-order valence-electron chi connectivity index (χ0n) is 11.4. The Morgan fingerprint density at radius 1 is 1.14 bits per heavy atom. The van der Waals surface area contributed by atoms with Gasteiger partial charge in [0.2, 0.25) is 0 Å². The van der Waals surface area contributed by atoms with E-state index in [2.05, 4.69) is 0 Å². The predicted molar refractivity (Wildman–Crippen MR) is 78.9 cm³/mol. The molecule has 5 heteroatoms. The first-order chi connectivity index (χ1) is 10.1. The predicted octanol–water partition coefficient (Wildman–Crippen LogP) is 3.52. The van der Waals surface area contributed by atoms with E-state index < -0.39 is 10.9 Å². The molecule has 0 amide bonds. The molecule has 0 aromatic heterocycles. The van der Waals surface area contributed by atoms with Gasteiger partial charge in [-0.3, -0.25) is 10.1 Å². The summed E-state index contributed by atoms with van der Waals surface area (Å²) in [6, 6.07) is 13.1. The van der Waals surface area contributed by atoms with Crippen LogP contribution in [0.25, 0.3) is 6.08 Å². The molecule has 0 unspecified atom stereocenters. The molecule has 21 heavy (non-hydrogen) atoms. The number of benzene rings is 2. The summed E-state index contributed by atoms with van der Waals surface area (Å²) in [4.78, 5) is 21.8. The molecule has 2 rings (SSSR count). The fourth-order valence-electron chi connectivity index (χ4n) is 1.68. The highest BCUT2D eigenvalue weighted by Crippen LogP contribution is 2.17. The largest absolute Gasteiger partial charge is 0.423 e. The second-order valence-electron chi connectivity index (χ2n) is 4.37. The SMILES string of the molecule is Cc1ccccc1OC(=O)C=Cc1ccc([N+](=O)[O-])cc1. The summed E-state index contributed by atoms with van der Waals surface area (Å²) < 4.78 is 5.19. The lowest BCUT2D eigenvalue weighted by molar-refractivity contribution is -0.384. The lowest BCUT2D eigenvalue weighted by atomic mass is 10.2. The second kappa shape index (κ2) is 6.47. The lowest BCUT2D eigenvalue weighted by Crippen LogP contribution is -2.04. The minimum Gasteiger partial charge on any atom is -0.423 e. The van der Waals surface area contributed by atoms with E-state index >= 15 is 0 Å². The number of nitro benzene ring substituents is 1. The zero-order valence-corrected chi connectivity index (χ0v) is 11.4. The van der Waals surface area contributed by atoms with Gasteiger partial charge in [0.05, 0.1) is 4.92 Å². The molecule has 0 atom stereocenters. The van der Waals surface area contributed by atoms with Crippen LogP contribution in [0.4, 0.5) is 5.69 Å². The minimum absolute atomic E-state index is 0.00892. The van der Waals surface area contributed by atoms with E-state index in [0.717, 1.165) is 5.56 Å². The second-order valence-corrected chi connectivity index (χ2v) is 4.37. The molecule has 0 saturated heterocycles. The van der Waals surface area contributed by atoms with Crippen LogP contribution < -0.4 is 4.74 Å². The summed E-state index contributed by atoms with van der Waals surface area (Å²) in [7, 11) is 0. The molecule has 0 aliphatic heterocycles. The average molecular weight is 283 g/mol. The average Bonchev–Trinajstić information content (AvgIpc) is 2.48. The van der Waals surface area contributed by atoms with E-state index in [1.807, 2.05) is 19.1 Å². The molecule has 0 aliphatic carbocycles. The van der Waals surface area contributed by atoms with Crippen LogP contribution in [0.3, 0.4) is 0 Å². The Labute approximate surface area is 121 Å². The number of aryl methyl sites for hydroxylation is 1. The van der Waals surface area contributed by atoms with Crippen LogP contribution in [0.5, 0.6) is 5.75 Å². The molecule has 0 radical (unpaired) electrons. The third-order valence-electron chi connectivity index (χ3n) is 2.82. The van der Waals surface area contributed by atoms with Crippen molar-refractivity contribution in [3.05, 3.63) is 75.8 Å². The van der Waals surface area contributed by atoms with Crippen molar-refractivity contribution in [2.75, 3.05) is 0 Å². The van der Waals surface area contributed by atoms with Gasteiger partial charge in [0.25, 0.3) is 5.69 Å². The molecule has 0 fully saturated rings. The topological polar surface area (TPSA) is 69.4 Å². The Bertz CT molecular complexity index is 690. The summed E-state index contributed by atoms with van der Waals surface area (Å²) in [5.41, 5.74) is 1.56. The number of carbonyl (C=O) groups is 1. The van der Waals surface area contributed by atoms with E-state index in [4.69, 9.17) is 4.74 Å². The van der Waals surface area contributed by atoms with E-state index in [-0.39, 0.29) is 5.69 Å². The molecule has 0 bridgehead atoms. The van der Waals surface area contributed by atoms with Crippen LogP contribution in [0.2, 0.25) is 0 Å². The molecule has 2 aromatic carbocycles. The quantitative estimate of drug-likeness (QED) is 0.283. The summed E-state index contributed by atoms with van der Waals surface area (Å²) in [6.45, 7) is 1.85. The van der Waals surface area contributed by atoms with Gasteiger partial charge in [0.1, 0.15) is 5.75 Å². The molecule has 0 spiro atoms. The van der Waals surface area contributed by atoms with E-state index in [1.54, 1.807) is 30.3 Å². The van der Waals surface area contributed by atoms with Crippen molar-refractivity contribution in [1.29, 1.82) is 0 Å². The number of nitro groups is 1. The minimum atomic E-state index is -0.498. The Kier molecular flexibility index (Phi) is 4.46. The van der Waals surface area contributed by atoms with E-state index in [1.165, 1.54) is 18.2 Å². The van der Waals surface area contributed by atoms with Crippen LogP contribution >= 0.6 is 0 Å². The van der Waals surface area contributed by atoms with Gasteiger partial charge in [0, 0.05) is 18.2 Å². The Morgan fingerprint density at radius 3 is 2.43 bits per heavy atom. The van der Waals surface area contributed by atoms with Crippen LogP contribution in [-0.4, -0.2) is 10.9 Å². The van der Waals surface area contributed by atoms with Crippen LogP contribution in [-0.2, 0) is 4.79 Å². The van der Waals surface area contributed by atoms with Crippen LogP contribution in [0.15, 0.2) is 54.6 Å². The summed E-state index contributed by atoms with van der Waals surface area (Å²) in [6.07, 6.45) is 2.83. The zero-order chi connectivity index (χ0) is 15.2. The number of para-hydroxylation sites is 1. The van der Waals surface area contributed by atoms with Gasteiger partial charge in [-0.15, -0.1) is 0 Å². The first kappa shape index (κ1) is 14.5. The summed E-state index contributed by atoms with van der Waals surface area (Å²) >= 11 is 0. The monoisotopic (exact) mass is 283 g/mol. The summed E-state index contributed by atoms with van der Waals surface area (Å²) in [5, 5.41) is 10.5. The Hall–Kier alpha value is -2.95. The lowest BCUT2D eigenvalue weighted by Gasteiger charge is -2.03.